The lowest BCUT2D eigenvalue weighted by Gasteiger charge is -2.05. The van der Waals surface area contributed by atoms with E-state index in [0.29, 0.717) is 6.54 Å². The molecule has 0 amide bonds. The highest BCUT2D eigenvalue weighted by atomic mass is 32.2. The second-order valence-electron chi connectivity index (χ2n) is 3.24. The number of hydrogen-bond donors (Lipinski definition) is 2. The van der Waals surface area contributed by atoms with Crippen LogP contribution < -0.4 is 4.72 Å². The molecule has 6 nitrogen and oxygen atoms in total. The SMILES string of the molecule is CCn1cnc(S(=O)(=O)NC[C@H](C)O)c1. The number of nitrogens with one attached hydrogen (secondary N) is 1. The summed E-state index contributed by atoms with van der Waals surface area (Å²) in [4.78, 5) is 3.77. The van der Waals surface area contributed by atoms with Gasteiger partial charge in [0.2, 0.25) is 0 Å². The third-order valence-corrected chi connectivity index (χ3v) is 3.13. The van der Waals surface area contributed by atoms with E-state index in [1.165, 1.54) is 19.4 Å². The fraction of sp³-hybridized carbons (Fsp3) is 0.625. The van der Waals surface area contributed by atoms with Gasteiger partial charge in [0, 0.05) is 19.3 Å². The molecule has 1 rings (SSSR count). The van der Waals surface area contributed by atoms with E-state index in [2.05, 4.69) is 9.71 Å². The first-order valence-electron chi connectivity index (χ1n) is 4.65. The van der Waals surface area contributed by atoms with Crippen LogP contribution in [0.1, 0.15) is 13.8 Å². The first-order chi connectivity index (χ1) is 6.95. The lowest BCUT2D eigenvalue weighted by atomic mass is 10.4. The molecule has 0 aliphatic carbocycles. The molecule has 0 aromatic carbocycles. The summed E-state index contributed by atoms with van der Waals surface area (Å²) in [6.45, 7) is 4.05. The Morgan fingerprint density at radius 3 is 2.80 bits per heavy atom. The average Bonchev–Trinajstić information content (AvgIpc) is 2.63. The Labute approximate surface area is 89.0 Å². The predicted molar refractivity (Wildman–Crippen MR) is 54.8 cm³/mol. The smallest absolute Gasteiger partial charge is 0.259 e. The minimum atomic E-state index is -3.59. The number of hydrogen-bond acceptors (Lipinski definition) is 4. The quantitative estimate of drug-likeness (QED) is 0.722. The molecule has 0 radical (unpaired) electrons. The third-order valence-electron chi connectivity index (χ3n) is 1.82. The van der Waals surface area contributed by atoms with E-state index >= 15 is 0 Å². The van der Waals surface area contributed by atoms with Gasteiger partial charge in [0.1, 0.15) is 0 Å². The lowest BCUT2D eigenvalue weighted by Crippen LogP contribution is -2.30. The van der Waals surface area contributed by atoms with Crippen molar-refractivity contribution in [2.45, 2.75) is 31.5 Å². The zero-order valence-electron chi connectivity index (χ0n) is 8.71. The molecule has 0 saturated heterocycles. The second kappa shape index (κ2) is 4.73. The standard InChI is InChI=1S/C8H15N3O3S/c1-3-11-5-8(9-6-11)15(13,14)10-4-7(2)12/h5-7,10,12H,3-4H2,1-2H3/t7-/m0/s1. The molecule has 1 atom stereocenters. The van der Waals surface area contributed by atoms with Gasteiger partial charge in [-0.2, -0.15) is 0 Å². The molecule has 2 N–H and O–H groups in total. The molecule has 1 heterocycles. The minimum absolute atomic E-state index is 0.0126. The number of imidazole rings is 1. The van der Waals surface area contributed by atoms with Crippen LogP contribution >= 0.6 is 0 Å². The maximum Gasteiger partial charge on any atom is 0.259 e. The van der Waals surface area contributed by atoms with Crippen LogP contribution in [-0.4, -0.2) is 35.7 Å². The minimum Gasteiger partial charge on any atom is -0.392 e. The van der Waals surface area contributed by atoms with Gasteiger partial charge in [-0.15, -0.1) is 0 Å². The molecule has 1 aromatic heterocycles. The Hall–Kier alpha value is -0.920. The summed E-state index contributed by atoms with van der Waals surface area (Å²) in [5.74, 6) is 0. The summed E-state index contributed by atoms with van der Waals surface area (Å²) in [6.07, 6.45) is 2.19. The van der Waals surface area contributed by atoms with Crippen molar-refractivity contribution in [2.75, 3.05) is 6.54 Å². The molecule has 0 aliphatic rings. The maximum atomic E-state index is 11.6. The van der Waals surface area contributed by atoms with Gasteiger partial charge < -0.3 is 9.67 Å². The molecular weight excluding hydrogens is 218 g/mol. The van der Waals surface area contributed by atoms with Crippen LogP contribution in [0.25, 0.3) is 0 Å². The molecule has 86 valence electrons. The van der Waals surface area contributed by atoms with E-state index < -0.39 is 16.1 Å². The van der Waals surface area contributed by atoms with Gasteiger partial charge in [0.15, 0.2) is 5.03 Å². The van der Waals surface area contributed by atoms with Crippen molar-refractivity contribution in [3.05, 3.63) is 12.5 Å². The molecule has 0 aliphatic heterocycles. The summed E-state index contributed by atoms with van der Waals surface area (Å²) in [7, 11) is -3.59. The summed E-state index contributed by atoms with van der Waals surface area (Å²) in [5.41, 5.74) is 0. The molecular formula is C8H15N3O3S. The van der Waals surface area contributed by atoms with Crippen LogP contribution in [-0.2, 0) is 16.6 Å². The number of rotatable bonds is 5. The Morgan fingerprint density at radius 2 is 2.33 bits per heavy atom. The van der Waals surface area contributed by atoms with Gasteiger partial charge in [-0.25, -0.2) is 18.1 Å². The molecule has 15 heavy (non-hydrogen) atoms. The van der Waals surface area contributed by atoms with Crippen molar-refractivity contribution in [2.24, 2.45) is 0 Å². The zero-order chi connectivity index (χ0) is 11.5. The normalized spacial score (nSPS) is 14.1. The van der Waals surface area contributed by atoms with Crippen molar-refractivity contribution in [3.8, 4) is 0 Å². The Bertz CT molecular complexity index is 411. The lowest BCUT2D eigenvalue weighted by molar-refractivity contribution is 0.198. The van der Waals surface area contributed by atoms with E-state index in [4.69, 9.17) is 5.11 Å². The number of sulfonamides is 1. The molecule has 0 unspecified atom stereocenters. The molecule has 0 fully saturated rings. The zero-order valence-corrected chi connectivity index (χ0v) is 9.53. The van der Waals surface area contributed by atoms with Crippen LogP contribution in [0.5, 0.6) is 0 Å². The van der Waals surface area contributed by atoms with Gasteiger partial charge >= 0.3 is 0 Å². The molecule has 7 heteroatoms. The topological polar surface area (TPSA) is 84.2 Å². The third kappa shape index (κ3) is 3.29. The van der Waals surface area contributed by atoms with Crippen molar-refractivity contribution < 1.29 is 13.5 Å². The summed E-state index contributed by atoms with van der Waals surface area (Å²) in [5, 5.41) is 8.94. The van der Waals surface area contributed by atoms with Crippen molar-refractivity contribution in [1.29, 1.82) is 0 Å². The van der Waals surface area contributed by atoms with Crippen LogP contribution in [0, 0.1) is 0 Å². The van der Waals surface area contributed by atoms with Crippen molar-refractivity contribution in [3.63, 3.8) is 0 Å². The number of aryl methyl sites for hydroxylation is 1. The summed E-state index contributed by atoms with van der Waals surface area (Å²) in [6, 6.07) is 0. The number of aliphatic hydroxyl groups excluding tert-OH is 1. The van der Waals surface area contributed by atoms with Crippen LogP contribution in [0.15, 0.2) is 17.6 Å². The first-order valence-corrected chi connectivity index (χ1v) is 6.13. The van der Waals surface area contributed by atoms with Gasteiger partial charge in [-0.05, 0) is 13.8 Å². The largest absolute Gasteiger partial charge is 0.392 e. The van der Waals surface area contributed by atoms with E-state index in [9.17, 15) is 8.42 Å². The fourth-order valence-electron chi connectivity index (χ4n) is 0.956. The van der Waals surface area contributed by atoms with E-state index in [-0.39, 0.29) is 11.6 Å². The van der Waals surface area contributed by atoms with Gasteiger partial charge in [0.25, 0.3) is 10.0 Å². The highest BCUT2D eigenvalue weighted by molar-refractivity contribution is 7.89. The first kappa shape index (κ1) is 12.2. The van der Waals surface area contributed by atoms with Gasteiger partial charge in [-0.3, -0.25) is 0 Å². The van der Waals surface area contributed by atoms with E-state index in [1.807, 2.05) is 6.92 Å². The Morgan fingerprint density at radius 1 is 1.67 bits per heavy atom. The number of aliphatic hydroxyl groups is 1. The van der Waals surface area contributed by atoms with Gasteiger partial charge in [0.05, 0.1) is 12.4 Å². The monoisotopic (exact) mass is 233 g/mol. The van der Waals surface area contributed by atoms with E-state index in [0.717, 1.165) is 0 Å². The van der Waals surface area contributed by atoms with Gasteiger partial charge in [-0.1, -0.05) is 0 Å². The van der Waals surface area contributed by atoms with Crippen LogP contribution in [0.2, 0.25) is 0 Å². The molecule has 1 aromatic rings. The Balaban J connectivity index is 2.77. The van der Waals surface area contributed by atoms with Crippen molar-refractivity contribution >= 4 is 10.0 Å². The number of nitrogens with zero attached hydrogens (tertiary/aromatic N) is 2. The van der Waals surface area contributed by atoms with Crippen LogP contribution in [0.4, 0.5) is 0 Å². The molecule has 0 saturated carbocycles. The number of aromatic nitrogens is 2. The maximum absolute atomic E-state index is 11.6. The van der Waals surface area contributed by atoms with Crippen LogP contribution in [0.3, 0.4) is 0 Å². The summed E-state index contributed by atoms with van der Waals surface area (Å²) >= 11 is 0. The fourth-order valence-corrected chi connectivity index (χ4v) is 2.02. The molecule has 0 bridgehead atoms. The summed E-state index contributed by atoms with van der Waals surface area (Å²) < 4.78 is 27.1. The molecule has 0 spiro atoms. The average molecular weight is 233 g/mol. The highest BCUT2D eigenvalue weighted by Gasteiger charge is 2.17. The van der Waals surface area contributed by atoms with E-state index in [1.54, 1.807) is 4.57 Å². The van der Waals surface area contributed by atoms with Crippen molar-refractivity contribution in [1.82, 2.24) is 14.3 Å². The predicted octanol–water partition coefficient (Wildman–Crippen LogP) is -0.438. The Kier molecular flexibility index (Phi) is 3.83. The second-order valence-corrected chi connectivity index (χ2v) is 4.96. The highest BCUT2D eigenvalue weighted by Crippen LogP contribution is 2.04.